The number of amides is 3. The molecular formula is C21H40N8O6. The molecule has 0 saturated carbocycles. The topological polar surface area (TPSA) is 252 Å². The maximum atomic E-state index is 13.4. The molecule has 0 aliphatic carbocycles. The molecule has 1 saturated heterocycles. The van der Waals surface area contributed by atoms with E-state index in [1.54, 1.807) is 0 Å². The molecule has 1 aliphatic heterocycles. The van der Waals surface area contributed by atoms with Gasteiger partial charge in [-0.25, -0.2) is 4.79 Å². The molecule has 1 aliphatic rings. The van der Waals surface area contributed by atoms with Gasteiger partial charge in [0.05, 0.1) is 6.10 Å². The number of guanidine groups is 1. The van der Waals surface area contributed by atoms with E-state index in [1.165, 1.54) is 11.8 Å². The Morgan fingerprint density at radius 2 is 1.74 bits per heavy atom. The Kier molecular flexibility index (Phi) is 13.0. The number of carbonyl (C=O) groups excluding carboxylic acids is 3. The summed E-state index contributed by atoms with van der Waals surface area (Å²) < 4.78 is 0. The molecule has 14 heteroatoms. The van der Waals surface area contributed by atoms with E-state index >= 15 is 0 Å². The van der Waals surface area contributed by atoms with E-state index in [2.05, 4.69) is 15.6 Å². The lowest BCUT2D eigenvalue weighted by atomic mass is 10.1. The van der Waals surface area contributed by atoms with Gasteiger partial charge in [0, 0.05) is 13.1 Å². The van der Waals surface area contributed by atoms with Crippen molar-refractivity contribution in [2.75, 3.05) is 19.6 Å². The van der Waals surface area contributed by atoms with Crippen LogP contribution in [0.5, 0.6) is 0 Å². The molecule has 0 aromatic rings. The van der Waals surface area contributed by atoms with Crippen LogP contribution >= 0.6 is 0 Å². The molecule has 1 heterocycles. The summed E-state index contributed by atoms with van der Waals surface area (Å²) in [4.78, 5) is 55.5. The summed E-state index contributed by atoms with van der Waals surface area (Å²) in [6.45, 7) is 2.26. The number of aliphatic imine (C=N–C) groups is 1. The molecule has 14 nitrogen and oxygen atoms in total. The minimum Gasteiger partial charge on any atom is -0.480 e. The van der Waals surface area contributed by atoms with Gasteiger partial charge in [-0.1, -0.05) is 0 Å². The van der Waals surface area contributed by atoms with Crippen LogP contribution in [-0.4, -0.2) is 94.7 Å². The van der Waals surface area contributed by atoms with Gasteiger partial charge in [0.25, 0.3) is 0 Å². The number of nitrogens with zero attached hydrogens (tertiary/aromatic N) is 2. The number of carbonyl (C=O) groups is 4. The van der Waals surface area contributed by atoms with Gasteiger partial charge in [-0.15, -0.1) is 0 Å². The number of carboxylic acid groups (broad SMARTS) is 1. The lowest BCUT2D eigenvalue weighted by Gasteiger charge is -2.30. The summed E-state index contributed by atoms with van der Waals surface area (Å²) in [5.74, 6) is -3.06. The summed E-state index contributed by atoms with van der Waals surface area (Å²) in [6, 6.07) is -4.24. The minimum absolute atomic E-state index is 0.108. The van der Waals surface area contributed by atoms with Gasteiger partial charge < -0.3 is 48.7 Å². The van der Waals surface area contributed by atoms with Crippen molar-refractivity contribution in [2.24, 2.45) is 27.9 Å². The molecule has 1 rings (SSSR count). The molecule has 1 fully saturated rings. The van der Waals surface area contributed by atoms with Gasteiger partial charge in [-0.2, -0.15) is 0 Å². The van der Waals surface area contributed by atoms with Crippen LogP contribution in [0.2, 0.25) is 0 Å². The third-order valence-electron chi connectivity index (χ3n) is 5.78. The van der Waals surface area contributed by atoms with E-state index in [0.717, 1.165) is 0 Å². The third-order valence-corrected chi connectivity index (χ3v) is 5.78. The average Bonchev–Trinajstić information content (AvgIpc) is 3.29. The van der Waals surface area contributed by atoms with Crippen LogP contribution in [0.4, 0.5) is 0 Å². The number of unbranched alkanes of at least 4 members (excludes halogenated alkanes) is 1. The molecule has 0 bridgehead atoms. The minimum atomic E-state index is -1.24. The molecule has 200 valence electrons. The van der Waals surface area contributed by atoms with E-state index in [0.29, 0.717) is 38.6 Å². The molecule has 5 atom stereocenters. The molecule has 12 N–H and O–H groups in total. The smallest absolute Gasteiger partial charge is 0.326 e. The van der Waals surface area contributed by atoms with Gasteiger partial charge in [0.1, 0.15) is 24.2 Å². The van der Waals surface area contributed by atoms with E-state index < -0.39 is 54.0 Å². The summed E-state index contributed by atoms with van der Waals surface area (Å²) in [5.41, 5.74) is 21.8. The number of nitrogens with two attached hydrogens (primary N) is 4. The van der Waals surface area contributed by atoms with Gasteiger partial charge in [-0.05, 0) is 58.4 Å². The Labute approximate surface area is 204 Å². The first-order chi connectivity index (χ1) is 16.5. The predicted molar refractivity (Wildman–Crippen MR) is 129 cm³/mol. The van der Waals surface area contributed by atoms with Crippen molar-refractivity contribution in [3.05, 3.63) is 0 Å². The van der Waals surface area contributed by atoms with Crippen molar-refractivity contribution in [1.29, 1.82) is 0 Å². The summed E-state index contributed by atoms with van der Waals surface area (Å²) in [6.07, 6.45) is 1.66. The molecule has 0 aromatic heterocycles. The van der Waals surface area contributed by atoms with Crippen LogP contribution in [0.15, 0.2) is 4.99 Å². The molecule has 0 spiro atoms. The second-order valence-electron chi connectivity index (χ2n) is 8.65. The number of aliphatic hydroxyl groups is 1. The first-order valence-corrected chi connectivity index (χ1v) is 11.8. The van der Waals surface area contributed by atoms with Crippen molar-refractivity contribution in [3.8, 4) is 0 Å². The zero-order chi connectivity index (χ0) is 26.5. The molecular weight excluding hydrogens is 460 g/mol. The summed E-state index contributed by atoms with van der Waals surface area (Å²) in [5, 5.41) is 24.1. The van der Waals surface area contributed by atoms with Crippen LogP contribution in [-0.2, 0) is 19.2 Å². The number of aliphatic hydroxyl groups excluding tert-OH is 1. The van der Waals surface area contributed by atoms with Gasteiger partial charge in [0.2, 0.25) is 17.7 Å². The van der Waals surface area contributed by atoms with Crippen LogP contribution < -0.4 is 33.6 Å². The molecule has 5 unspecified atom stereocenters. The highest BCUT2D eigenvalue weighted by Crippen LogP contribution is 2.20. The largest absolute Gasteiger partial charge is 0.480 e. The third kappa shape index (κ3) is 10.0. The number of carboxylic acids is 1. The highest BCUT2D eigenvalue weighted by atomic mass is 16.4. The molecule has 0 radical (unpaired) electrons. The van der Waals surface area contributed by atoms with E-state index in [-0.39, 0.29) is 31.9 Å². The van der Waals surface area contributed by atoms with Crippen molar-refractivity contribution in [2.45, 2.75) is 82.1 Å². The fourth-order valence-corrected chi connectivity index (χ4v) is 3.77. The molecule has 0 aromatic carbocycles. The predicted octanol–water partition coefficient (Wildman–Crippen LogP) is -3.08. The van der Waals surface area contributed by atoms with Gasteiger partial charge in [-0.3, -0.25) is 19.4 Å². The fourth-order valence-electron chi connectivity index (χ4n) is 3.77. The zero-order valence-electron chi connectivity index (χ0n) is 20.2. The van der Waals surface area contributed by atoms with Gasteiger partial charge >= 0.3 is 5.97 Å². The van der Waals surface area contributed by atoms with E-state index in [1.807, 2.05) is 0 Å². The number of nitrogens with one attached hydrogen (secondary N) is 2. The lowest BCUT2D eigenvalue weighted by Crippen LogP contribution is -2.57. The number of likely N-dealkylation sites (tertiary alicyclic amines) is 1. The van der Waals surface area contributed by atoms with Crippen LogP contribution in [0.1, 0.15) is 51.9 Å². The second kappa shape index (κ2) is 15.1. The Morgan fingerprint density at radius 3 is 2.31 bits per heavy atom. The Balaban J connectivity index is 2.95. The fraction of sp³-hybridized carbons (Fsp3) is 0.762. The maximum absolute atomic E-state index is 13.4. The first-order valence-electron chi connectivity index (χ1n) is 11.8. The van der Waals surface area contributed by atoms with Crippen molar-refractivity contribution in [3.63, 3.8) is 0 Å². The van der Waals surface area contributed by atoms with E-state index in [9.17, 15) is 29.4 Å². The Morgan fingerprint density at radius 1 is 1.09 bits per heavy atom. The highest BCUT2D eigenvalue weighted by Gasteiger charge is 2.39. The SMILES string of the molecule is CC(O)C(N)C(=O)NC(CCCN=C(N)N)C(=O)N1CCCC1C(=O)NC(CCCCN)C(=O)O. The quantitative estimate of drug-likeness (QED) is 0.0639. The number of hydrogen-bond donors (Lipinski definition) is 8. The number of aliphatic carboxylic acids is 1. The second-order valence-corrected chi connectivity index (χ2v) is 8.65. The van der Waals surface area contributed by atoms with Crippen LogP contribution in [0.25, 0.3) is 0 Å². The normalized spacial score (nSPS) is 18.7. The highest BCUT2D eigenvalue weighted by molar-refractivity contribution is 5.94. The number of rotatable bonds is 15. The van der Waals surface area contributed by atoms with Crippen molar-refractivity contribution < 1.29 is 29.4 Å². The summed E-state index contributed by atoms with van der Waals surface area (Å²) >= 11 is 0. The van der Waals surface area contributed by atoms with Gasteiger partial charge in [0.15, 0.2) is 5.96 Å². The monoisotopic (exact) mass is 500 g/mol. The molecule has 35 heavy (non-hydrogen) atoms. The Hall–Kier alpha value is -2.97. The number of hydrogen-bond acceptors (Lipinski definition) is 8. The maximum Gasteiger partial charge on any atom is 0.326 e. The molecule has 3 amide bonds. The van der Waals surface area contributed by atoms with E-state index in [4.69, 9.17) is 22.9 Å². The van der Waals surface area contributed by atoms with Crippen molar-refractivity contribution >= 4 is 29.7 Å². The van der Waals surface area contributed by atoms with Crippen LogP contribution in [0.3, 0.4) is 0 Å². The zero-order valence-corrected chi connectivity index (χ0v) is 20.2. The van der Waals surface area contributed by atoms with Crippen molar-refractivity contribution in [1.82, 2.24) is 15.5 Å². The standard InChI is InChI=1S/C21H40N8O6/c1-12(30)16(23)18(32)27-13(7-4-10-26-21(24)25)19(33)29-11-5-8-15(29)17(31)28-14(20(34)35)6-2-3-9-22/h12-16,30H,2-11,22-23H2,1H3,(H,27,32)(H,28,31)(H,34,35)(H4,24,25,26). The summed E-state index contributed by atoms with van der Waals surface area (Å²) in [7, 11) is 0. The van der Waals surface area contributed by atoms with Crippen LogP contribution in [0, 0.1) is 0 Å². The lowest BCUT2D eigenvalue weighted by molar-refractivity contribution is -0.145. The average molecular weight is 501 g/mol. The Bertz CT molecular complexity index is 758. The first kappa shape index (κ1) is 30.1.